The number of alkyl halides is 1. The van der Waals surface area contributed by atoms with E-state index in [-0.39, 0.29) is 34.9 Å². The fourth-order valence-electron chi connectivity index (χ4n) is 3.22. The summed E-state index contributed by atoms with van der Waals surface area (Å²) >= 11 is 7.48. The summed E-state index contributed by atoms with van der Waals surface area (Å²) < 4.78 is 4.27. The number of nitrogens with zero attached hydrogens (tertiary/aromatic N) is 4. The zero-order valence-electron chi connectivity index (χ0n) is 14.4. The smallest absolute Gasteiger partial charge is 0.295 e. The molecule has 0 radical (unpaired) electrons. The Bertz CT molecular complexity index is 1170. The Morgan fingerprint density at radius 3 is 2.69 bits per heavy atom. The third-order valence-corrected chi connectivity index (χ3v) is 6.48. The van der Waals surface area contributed by atoms with Crippen LogP contribution in [-0.4, -0.2) is 29.3 Å². The standard InChI is InChI=1S/C16H18ClN5O3S/c1-3-4-20-14-12(13(23)22(16(20)25)10-5-9(10)17)8(2)11(26-14)6-21-15(24)18-7-19-21/h7,9-10H,3-6H2,1-2H3,(H,18,19,24)/t9-,10-/m0/s1. The normalized spacial score (nSPS) is 19.3. The Morgan fingerprint density at radius 1 is 1.38 bits per heavy atom. The van der Waals surface area contributed by atoms with Gasteiger partial charge in [0.05, 0.1) is 23.3 Å². The number of aromatic amines is 1. The van der Waals surface area contributed by atoms with E-state index in [1.807, 2.05) is 13.8 Å². The number of hydrogen-bond donors (Lipinski definition) is 1. The Balaban J connectivity index is 1.97. The lowest BCUT2D eigenvalue weighted by atomic mass is 10.2. The van der Waals surface area contributed by atoms with E-state index in [0.29, 0.717) is 23.2 Å². The predicted octanol–water partition coefficient (Wildman–Crippen LogP) is 1.43. The van der Waals surface area contributed by atoms with Crippen molar-refractivity contribution in [1.29, 1.82) is 0 Å². The zero-order valence-corrected chi connectivity index (χ0v) is 15.9. The summed E-state index contributed by atoms with van der Waals surface area (Å²) in [5.41, 5.74) is -0.120. The van der Waals surface area contributed by atoms with Crippen molar-refractivity contribution in [3.8, 4) is 0 Å². The molecule has 2 atom stereocenters. The van der Waals surface area contributed by atoms with Gasteiger partial charge in [0.1, 0.15) is 11.2 Å². The number of halogens is 1. The van der Waals surface area contributed by atoms with E-state index >= 15 is 0 Å². The minimum atomic E-state index is -0.312. The van der Waals surface area contributed by atoms with Gasteiger partial charge in [0.2, 0.25) is 0 Å². The van der Waals surface area contributed by atoms with Gasteiger partial charge in [-0.2, -0.15) is 5.10 Å². The summed E-state index contributed by atoms with van der Waals surface area (Å²) in [6, 6.07) is -0.235. The van der Waals surface area contributed by atoms with E-state index in [9.17, 15) is 14.4 Å². The Labute approximate surface area is 156 Å². The van der Waals surface area contributed by atoms with Crippen LogP contribution in [0.4, 0.5) is 0 Å². The van der Waals surface area contributed by atoms with Gasteiger partial charge < -0.3 is 0 Å². The number of aromatic nitrogens is 5. The minimum absolute atomic E-state index is 0.172. The molecule has 0 saturated heterocycles. The van der Waals surface area contributed by atoms with Crippen molar-refractivity contribution >= 4 is 33.2 Å². The lowest BCUT2D eigenvalue weighted by molar-refractivity contribution is 0.577. The first-order chi connectivity index (χ1) is 12.4. The van der Waals surface area contributed by atoms with Crippen LogP contribution < -0.4 is 16.9 Å². The van der Waals surface area contributed by atoms with E-state index in [0.717, 1.165) is 16.9 Å². The molecular formula is C16H18ClN5O3S. The van der Waals surface area contributed by atoms with Crippen LogP contribution in [0.3, 0.4) is 0 Å². The number of aryl methyl sites for hydroxylation is 2. The van der Waals surface area contributed by atoms with Gasteiger partial charge >= 0.3 is 11.4 Å². The van der Waals surface area contributed by atoms with Crippen molar-refractivity contribution in [3.05, 3.63) is 48.1 Å². The molecule has 0 aliphatic heterocycles. The van der Waals surface area contributed by atoms with Gasteiger partial charge in [-0.25, -0.2) is 14.3 Å². The minimum Gasteiger partial charge on any atom is -0.295 e. The highest BCUT2D eigenvalue weighted by Gasteiger charge is 2.40. The maximum atomic E-state index is 13.0. The molecule has 3 aromatic rings. The van der Waals surface area contributed by atoms with E-state index in [4.69, 9.17) is 11.6 Å². The Morgan fingerprint density at radius 2 is 2.12 bits per heavy atom. The SMILES string of the molecule is CCCn1c(=O)n([C@H]2C[C@@H]2Cl)c(=O)c2c(C)c(Cn3nc[nH]c3=O)sc21. The lowest BCUT2D eigenvalue weighted by Crippen LogP contribution is -2.39. The average molecular weight is 396 g/mol. The van der Waals surface area contributed by atoms with Gasteiger partial charge in [-0.3, -0.25) is 18.9 Å². The van der Waals surface area contributed by atoms with Crippen LogP contribution in [0.25, 0.3) is 10.2 Å². The summed E-state index contributed by atoms with van der Waals surface area (Å²) in [6.45, 7) is 4.62. The molecule has 1 saturated carbocycles. The molecule has 138 valence electrons. The zero-order chi connectivity index (χ0) is 18.6. The first-order valence-electron chi connectivity index (χ1n) is 8.45. The summed E-state index contributed by atoms with van der Waals surface area (Å²) in [5.74, 6) is 0. The molecule has 10 heteroatoms. The number of hydrogen-bond acceptors (Lipinski definition) is 5. The second-order valence-electron chi connectivity index (χ2n) is 6.51. The molecule has 0 unspecified atom stereocenters. The van der Waals surface area contributed by atoms with E-state index in [1.165, 1.54) is 26.9 Å². The molecule has 4 rings (SSSR count). The molecule has 0 bridgehead atoms. The largest absolute Gasteiger partial charge is 0.343 e. The number of nitrogens with one attached hydrogen (secondary N) is 1. The van der Waals surface area contributed by atoms with Gasteiger partial charge in [-0.05, 0) is 25.3 Å². The molecule has 1 aliphatic carbocycles. The first kappa shape index (κ1) is 17.3. The molecule has 0 aromatic carbocycles. The molecule has 3 heterocycles. The van der Waals surface area contributed by atoms with Crippen LogP contribution in [0.1, 0.15) is 36.2 Å². The highest BCUT2D eigenvalue weighted by atomic mass is 35.5. The number of rotatable bonds is 5. The van der Waals surface area contributed by atoms with Gasteiger partial charge in [0.25, 0.3) is 5.56 Å². The van der Waals surface area contributed by atoms with Crippen molar-refractivity contribution in [3.63, 3.8) is 0 Å². The molecule has 1 N–H and O–H groups in total. The van der Waals surface area contributed by atoms with E-state index in [1.54, 1.807) is 4.57 Å². The molecule has 0 spiro atoms. The highest BCUT2D eigenvalue weighted by molar-refractivity contribution is 7.18. The first-order valence-corrected chi connectivity index (χ1v) is 9.71. The van der Waals surface area contributed by atoms with Crippen molar-refractivity contribution in [1.82, 2.24) is 23.9 Å². The van der Waals surface area contributed by atoms with Gasteiger partial charge in [0, 0.05) is 11.4 Å². The number of thiophene rings is 1. The molecule has 3 aromatic heterocycles. The van der Waals surface area contributed by atoms with E-state index in [2.05, 4.69) is 10.1 Å². The molecule has 0 amide bonds. The van der Waals surface area contributed by atoms with Crippen LogP contribution in [0, 0.1) is 6.92 Å². The molecular weight excluding hydrogens is 378 g/mol. The monoisotopic (exact) mass is 395 g/mol. The second-order valence-corrected chi connectivity index (χ2v) is 8.15. The Hall–Kier alpha value is -2.13. The maximum Gasteiger partial charge on any atom is 0.343 e. The topological polar surface area (TPSA) is 94.7 Å². The fourth-order valence-corrected chi connectivity index (χ4v) is 4.82. The van der Waals surface area contributed by atoms with E-state index < -0.39 is 0 Å². The quantitative estimate of drug-likeness (QED) is 0.661. The molecule has 1 fully saturated rings. The van der Waals surface area contributed by atoms with Crippen molar-refractivity contribution < 1.29 is 0 Å². The fraction of sp³-hybridized carbons (Fsp3) is 0.500. The lowest BCUT2D eigenvalue weighted by Gasteiger charge is -2.10. The number of H-pyrrole nitrogens is 1. The predicted molar refractivity (Wildman–Crippen MR) is 101 cm³/mol. The molecule has 1 aliphatic rings. The van der Waals surface area contributed by atoms with Crippen LogP contribution in [0.5, 0.6) is 0 Å². The summed E-state index contributed by atoms with van der Waals surface area (Å²) in [4.78, 5) is 41.7. The maximum absolute atomic E-state index is 13.0. The van der Waals surface area contributed by atoms with Crippen LogP contribution in [-0.2, 0) is 13.1 Å². The van der Waals surface area contributed by atoms with Gasteiger partial charge in [-0.1, -0.05) is 6.92 Å². The second kappa shape index (κ2) is 6.24. The van der Waals surface area contributed by atoms with Crippen molar-refractivity contribution in [2.45, 2.75) is 51.2 Å². The van der Waals surface area contributed by atoms with Crippen LogP contribution >= 0.6 is 22.9 Å². The summed E-state index contributed by atoms with van der Waals surface area (Å²) in [5, 5.41) is 4.34. The summed E-state index contributed by atoms with van der Waals surface area (Å²) in [6.07, 6.45) is 2.74. The van der Waals surface area contributed by atoms with Crippen molar-refractivity contribution in [2.24, 2.45) is 0 Å². The summed E-state index contributed by atoms with van der Waals surface area (Å²) in [7, 11) is 0. The van der Waals surface area contributed by atoms with Gasteiger partial charge in [-0.15, -0.1) is 22.9 Å². The molecule has 8 nitrogen and oxygen atoms in total. The van der Waals surface area contributed by atoms with Crippen LogP contribution in [0.2, 0.25) is 0 Å². The third kappa shape index (κ3) is 2.57. The van der Waals surface area contributed by atoms with Gasteiger partial charge in [0.15, 0.2) is 0 Å². The van der Waals surface area contributed by atoms with Crippen molar-refractivity contribution in [2.75, 3.05) is 0 Å². The number of fused-ring (bicyclic) bond motifs is 1. The third-order valence-electron chi connectivity index (χ3n) is 4.71. The Kier molecular flexibility index (Phi) is 4.15. The highest BCUT2D eigenvalue weighted by Crippen LogP contribution is 2.39. The van der Waals surface area contributed by atoms with Crippen LogP contribution in [0.15, 0.2) is 20.7 Å². The molecule has 26 heavy (non-hydrogen) atoms. The average Bonchev–Trinajstić information content (AvgIpc) is 3.01.